The fourth-order valence-electron chi connectivity index (χ4n) is 2.01. The number of furan rings is 1. The Morgan fingerprint density at radius 1 is 1.42 bits per heavy atom. The zero-order valence-electron chi connectivity index (χ0n) is 11.2. The van der Waals surface area contributed by atoms with E-state index in [-0.39, 0.29) is 0 Å². The quantitative estimate of drug-likeness (QED) is 0.804. The summed E-state index contributed by atoms with van der Waals surface area (Å²) in [7, 11) is 0. The molecule has 1 aromatic carbocycles. The molecule has 1 atom stereocenters. The Bertz CT molecular complexity index is 537. The third-order valence-electron chi connectivity index (χ3n) is 3.15. The summed E-state index contributed by atoms with van der Waals surface area (Å²) in [5, 5.41) is 4.05. The van der Waals surface area contributed by atoms with Gasteiger partial charge in [-0.1, -0.05) is 11.6 Å². The van der Waals surface area contributed by atoms with Gasteiger partial charge in [-0.2, -0.15) is 0 Å². The maximum atomic E-state index is 6.05. The van der Waals surface area contributed by atoms with Crippen LogP contribution in [0.3, 0.4) is 0 Å². The molecule has 0 amide bonds. The molecule has 0 saturated carbocycles. The van der Waals surface area contributed by atoms with Gasteiger partial charge in [-0.3, -0.25) is 0 Å². The van der Waals surface area contributed by atoms with E-state index in [0.29, 0.717) is 16.8 Å². The number of rotatable bonds is 5. The number of aryl methyl sites for hydroxylation is 2. The zero-order chi connectivity index (χ0) is 13.8. The van der Waals surface area contributed by atoms with Crippen molar-refractivity contribution < 1.29 is 4.42 Å². The molecule has 3 N–H and O–H groups in total. The molecule has 3 nitrogen and oxygen atoms in total. The Labute approximate surface area is 118 Å². The molecule has 1 heterocycles. The van der Waals surface area contributed by atoms with E-state index in [4.69, 9.17) is 21.8 Å². The first-order chi connectivity index (χ1) is 9.06. The molecule has 0 saturated heterocycles. The van der Waals surface area contributed by atoms with Gasteiger partial charge in [0.15, 0.2) is 0 Å². The molecule has 102 valence electrons. The van der Waals surface area contributed by atoms with Gasteiger partial charge in [0.2, 0.25) is 0 Å². The van der Waals surface area contributed by atoms with E-state index in [2.05, 4.69) is 12.2 Å². The Kier molecular flexibility index (Phi) is 4.38. The molecular formula is C15H19ClN2O. The molecule has 2 rings (SSSR count). The van der Waals surface area contributed by atoms with Crippen LogP contribution in [0, 0.1) is 6.92 Å². The van der Waals surface area contributed by atoms with Crippen LogP contribution < -0.4 is 11.1 Å². The number of anilines is 2. The van der Waals surface area contributed by atoms with Gasteiger partial charge < -0.3 is 15.5 Å². The van der Waals surface area contributed by atoms with E-state index in [0.717, 1.165) is 29.9 Å². The minimum atomic E-state index is 0.337. The van der Waals surface area contributed by atoms with Crippen LogP contribution in [-0.2, 0) is 6.42 Å². The van der Waals surface area contributed by atoms with Gasteiger partial charge in [0, 0.05) is 18.2 Å². The van der Waals surface area contributed by atoms with E-state index in [1.807, 2.05) is 31.2 Å². The monoisotopic (exact) mass is 278 g/mol. The molecule has 0 aliphatic heterocycles. The minimum Gasteiger partial charge on any atom is -0.469 e. The lowest BCUT2D eigenvalue weighted by Crippen LogP contribution is -2.16. The summed E-state index contributed by atoms with van der Waals surface area (Å²) in [6, 6.07) is 8.03. The second-order valence-electron chi connectivity index (χ2n) is 4.85. The number of halogens is 1. The van der Waals surface area contributed by atoms with Gasteiger partial charge in [-0.15, -0.1) is 0 Å². The summed E-state index contributed by atoms with van der Waals surface area (Å²) in [5.41, 5.74) is 8.53. The number of benzene rings is 1. The van der Waals surface area contributed by atoms with Gasteiger partial charge in [0.25, 0.3) is 0 Å². The van der Waals surface area contributed by atoms with Crippen LogP contribution in [0.5, 0.6) is 0 Å². The van der Waals surface area contributed by atoms with Gasteiger partial charge >= 0.3 is 0 Å². The van der Waals surface area contributed by atoms with Crippen LogP contribution in [0.4, 0.5) is 11.4 Å². The molecule has 0 spiro atoms. The molecule has 0 aliphatic rings. The predicted molar refractivity (Wildman–Crippen MR) is 80.7 cm³/mol. The summed E-state index contributed by atoms with van der Waals surface area (Å²) in [6.07, 6.45) is 3.62. The van der Waals surface area contributed by atoms with Crippen LogP contribution in [0.15, 0.2) is 34.9 Å². The van der Waals surface area contributed by atoms with Crippen LogP contribution >= 0.6 is 11.6 Å². The smallest absolute Gasteiger partial charge is 0.103 e. The van der Waals surface area contributed by atoms with Crippen molar-refractivity contribution in [2.45, 2.75) is 32.7 Å². The maximum Gasteiger partial charge on any atom is 0.103 e. The highest BCUT2D eigenvalue weighted by molar-refractivity contribution is 6.33. The van der Waals surface area contributed by atoms with Crippen LogP contribution in [0.2, 0.25) is 5.02 Å². The third-order valence-corrected chi connectivity index (χ3v) is 3.48. The third kappa shape index (κ3) is 3.67. The SMILES string of the molecule is Cc1cc(N)c(Cl)cc1NC(C)CCc1ccco1. The average Bonchev–Trinajstić information content (AvgIpc) is 2.86. The summed E-state index contributed by atoms with van der Waals surface area (Å²) >= 11 is 6.05. The van der Waals surface area contributed by atoms with E-state index in [1.165, 1.54) is 0 Å². The second kappa shape index (κ2) is 6.02. The van der Waals surface area contributed by atoms with Crippen molar-refractivity contribution in [3.63, 3.8) is 0 Å². The first-order valence-corrected chi connectivity index (χ1v) is 6.78. The zero-order valence-corrected chi connectivity index (χ0v) is 12.0. The molecule has 4 heteroatoms. The number of nitrogens with two attached hydrogens (primary N) is 1. The number of nitrogen functional groups attached to an aromatic ring is 1. The summed E-state index contributed by atoms with van der Waals surface area (Å²) < 4.78 is 5.33. The maximum absolute atomic E-state index is 6.05. The average molecular weight is 279 g/mol. The van der Waals surface area contributed by atoms with Crippen molar-refractivity contribution in [1.29, 1.82) is 0 Å². The highest BCUT2D eigenvalue weighted by Crippen LogP contribution is 2.27. The molecule has 0 fully saturated rings. The molecule has 0 radical (unpaired) electrons. The largest absolute Gasteiger partial charge is 0.469 e. The number of hydrogen-bond acceptors (Lipinski definition) is 3. The van der Waals surface area contributed by atoms with Crippen molar-refractivity contribution in [3.8, 4) is 0 Å². The van der Waals surface area contributed by atoms with Crippen LogP contribution in [0.1, 0.15) is 24.7 Å². The first kappa shape index (κ1) is 13.8. The topological polar surface area (TPSA) is 51.2 Å². The molecule has 2 aromatic rings. The molecule has 19 heavy (non-hydrogen) atoms. The number of nitrogens with one attached hydrogen (secondary N) is 1. The lowest BCUT2D eigenvalue weighted by molar-refractivity contribution is 0.495. The van der Waals surface area contributed by atoms with Crippen molar-refractivity contribution in [2.24, 2.45) is 0 Å². The lowest BCUT2D eigenvalue weighted by Gasteiger charge is -2.17. The second-order valence-corrected chi connectivity index (χ2v) is 5.26. The van der Waals surface area contributed by atoms with Crippen molar-refractivity contribution >= 4 is 23.0 Å². The summed E-state index contributed by atoms with van der Waals surface area (Å²) in [4.78, 5) is 0. The first-order valence-electron chi connectivity index (χ1n) is 6.41. The Morgan fingerprint density at radius 2 is 2.21 bits per heavy atom. The molecule has 1 unspecified atom stereocenters. The van der Waals surface area contributed by atoms with Crippen molar-refractivity contribution in [3.05, 3.63) is 46.9 Å². The standard InChI is InChI=1S/C15H19ClN2O/c1-10-8-14(17)13(16)9-15(10)18-11(2)5-6-12-4-3-7-19-12/h3-4,7-9,11,18H,5-6,17H2,1-2H3. The van der Waals surface area contributed by atoms with Crippen molar-refractivity contribution in [1.82, 2.24) is 0 Å². The fourth-order valence-corrected chi connectivity index (χ4v) is 2.17. The molecular weight excluding hydrogens is 260 g/mol. The fraction of sp³-hybridized carbons (Fsp3) is 0.333. The van der Waals surface area contributed by atoms with Gasteiger partial charge in [0.1, 0.15) is 5.76 Å². The highest BCUT2D eigenvalue weighted by Gasteiger charge is 2.08. The number of hydrogen-bond donors (Lipinski definition) is 2. The van der Waals surface area contributed by atoms with E-state index >= 15 is 0 Å². The molecule has 1 aromatic heterocycles. The Morgan fingerprint density at radius 3 is 2.89 bits per heavy atom. The van der Waals surface area contributed by atoms with E-state index in [1.54, 1.807) is 6.26 Å². The molecule has 0 aliphatic carbocycles. The predicted octanol–water partition coefficient (Wildman–Crippen LogP) is 4.26. The van der Waals surface area contributed by atoms with E-state index < -0.39 is 0 Å². The Balaban J connectivity index is 1.95. The normalized spacial score (nSPS) is 12.4. The van der Waals surface area contributed by atoms with E-state index in [9.17, 15) is 0 Å². The van der Waals surface area contributed by atoms with Crippen LogP contribution in [0.25, 0.3) is 0 Å². The van der Waals surface area contributed by atoms with Gasteiger partial charge in [-0.25, -0.2) is 0 Å². The minimum absolute atomic E-state index is 0.337. The Hall–Kier alpha value is -1.61. The lowest BCUT2D eigenvalue weighted by atomic mass is 10.1. The highest BCUT2D eigenvalue weighted by atomic mass is 35.5. The van der Waals surface area contributed by atoms with Crippen LogP contribution in [-0.4, -0.2) is 6.04 Å². The summed E-state index contributed by atoms with van der Waals surface area (Å²) in [5.74, 6) is 1.01. The van der Waals surface area contributed by atoms with Crippen molar-refractivity contribution in [2.75, 3.05) is 11.1 Å². The van der Waals surface area contributed by atoms with Gasteiger partial charge in [0.05, 0.1) is 17.0 Å². The summed E-state index contributed by atoms with van der Waals surface area (Å²) in [6.45, 7) is 4.17. The molecule has 0 bridgehead atoms. The van der Waals surface area contributed by atoms with Gasteiger partial charge in [-0.05, 0) is 50.1 Å².